The van der Waals surface area contributed by atoms with Crippen LogP contribution < -0.4 is 5.11 Å². The molecule has 1 aliphatic rings. The van der Waals surface area contributed by atoms with Gasteiger partial charge in [0.25, 0.3) is 5.69 Å². The van der Waals surface area contributed by atoms with Crippen molar-refractivity contribution in [1.29, 1.82) is 0 Å². The van der Waals surface area contributed by atoms with E-state index in [-0.39, 0.29) is 5.69 Å². The van der Waals surface area contributed by atoms with Gasteiger partial charge >= 0.3 is 0 Å². The summed E-state index contributed by atoms with van der Waals surface area (Å²) in [5, 5.41) is 21.8. The molecule has 7 nitrogen and oxygen atoms in total. The number of aliphatic carboxylic acids is 1. The van der Waals surface area contributed by atoms with Crippen LogP contribution >= 0.6 is 11.8 Å². The maximum absolute atomic E-state index is 11.9. The molecule has 0 saturated carbocycles. The Balaban J connectivity index is 2.50. The van der Waals surface area contributed by atoms with Crippen LogP contribution in [0.1, 0.15) is 31.7 Å². The van der Waals surface area contributed by atoms with Crippen LogP contribution in [0, 0.1) is 10.1 Å². The summed E-state index contributed by atoms with van der Waals surface area (Å²) in [4.78, 5) is 35.0. The molecular weight excluding hydrogens is 308 g/mol. The van der Waals surface area contributed by atoms with Crippen LogP contribution in [0.3, 0.4) is 0 Å². The lowest BCUT2D eigenvalue weighted by Gasteiger charge is -2.32. The summed E-state index contributed by atoms with van der Waals surface area (Å²) in [6.07, 6.45) is 0. The van der Waals surface area contributed by atoms with Crippen LogP contribution in [0.4, 0.5) is 5.69 Å². The standard InChI is InChI=1S/C14H16N2O5S/c1-8(17)15-11(13(18)19)14(2,3)22-12(15)9-5-4-6-10(7-9)16(20)21/h4-7,11-12H,1-3H3,(H,18,19)/p-1/t11-,12-/m0/s1. The summed E-state index contributed by atoms with van der Waals surface area (Å²) in [6.45, 7) is 4.71. The number of carbonyl (C=O) groups excluding carboxylic acids is 2. The van der Waals surface area contributed by atoms with Crippen LogP contribution in [0.25, 0.3) is 0 Å². The molecular formula is C14H15N2O5S-. The highest BCUT2D eigenvalue weighted by atomic mass is 32.2. The van der Waals surface area contributed by atoms with Crippen LogP contribution in [0.5, 0.6) is 0 Å². The van der Waals surface area contributed by atoms with E-state index in [4.69, 9.17) is 0 Å². The Labute approximate surface area is 131 Å². The topological polar surface area (TPSA) is 104 Å². The second kappa shape index (κ2) is 5.60. The molecule has 1 saturated heterocycles. The van der Waals surface area contributed by atoms with Gasteiger partial charge in [-0.2, -0.15) is 0 Å². The van der Waals surface area contributed by atoms with E-state index in [0.717, 1.165) is 0 Å². The maximum atomic E-state index is 11.9. The van der Waals surface area contributed by atoms with Crippen molar-refractivity contribution in [1.82, 2.24) is 4.90 Å². The molecule has 2 atom stereocenters. The number of thioether (sulfide) groups is 1. The largest absolute Gasteiger partial charge is 0.548 e. The normalized spacial score (nSPS) is 23.3. The first-order chi connectivity index (χ1) is 10.1. The van der Waals surface area contributed by atoms with E-state index in [1.165, 1.54) is 41.8 Å². The van der Waals surface area contributed by atoms with Gasteiger partial charge in [-0.3, -0.25) is 14.9 Å². The van der Waals surface area contributed by atoms with E-state index >= 15 is 0 Å². The average Bonchev–Trinajstić information content (AvgIpc) is 2.70. The second-order valence-corrected chi connectivity index (χ2v) is 7.31. The Morgan fingerprint density at radius 1 is 1.36 bits per heavy atom. The molecule has 8 heteroatoms. The fourth-order valence-corrected chi connectivity index (χ4v) is 4.22. The molecule has 0 aliphatic carbocycles. The quantitative estimate of drug-likeness (QED) is 0.609. The number of amides is 1. The van der Waals surface area contributed by atoms with Gasteiger partial charge in [-0.05, 0) is 19.4 Å². The number of rotatable bonds is 3. The molecule has 0 N–H and O–H groups in total. The Hall–Kier alpha value is -2.09. The fraction of sp³-hybridized carbons (Fsp3) is 0.429. The molecule has 0 radical (unpaired) electrons. The third-order valence-electron chi connectivity index (χ3n) is 3.56. The van der Waals surface area contributed by atoms with Gasteiger partial charge < -0.3 is 14.8 Å². The van der Waals surface area contributed by atoms with Gasteiger partial charge in [0.2, 0.25) is 5.91 Å². The molecule has 0 spiro atoms. The third kappa shape index (κ3) is 2.78. The predicted molar refractivity (Wildman–Crippen MR) is 78.8 cm³/mol. The summed E-state index contributed by atoms with van der Waals surface area (Å²) in [7, 11) is 0. The summed E-state index contributed by atoms with van der Waals surface area (Å²) < 4.78 is -0.764. The van der Waals surface area contributed by atoms with E-state index in [1.807, 2.05) is 0 Å². The molecule has 1 fully saturated rings. The molecule has 1 heterocycles. The lowest BCUT2D eigenvalue weighted by Crippen LogP contribution is -2.54. The average molecular weight is 323 g/mol. The Kier molecular flexibility index (Phi) is 4.15. The Bertz CT molecular complexity index is 646. The number of hydrogen-bond donors (Lipinski definition) is 0. The fourth-order valence-electron chi connectivity index (χ4n) is 2.64. The molecule has 1 aromatic carbocycles. The minimum atomic E-state index is -1.33. The zero-order chi connectivity index (χ0) is 16.7. The van der Waals surface area contributed by atoms with Crippen molar-refractivity contribution in [2.45, 2.75) is 36.9 Å². The highest BCUT2D eigenvalue weighted by Gasteiger charge is 2.49. The van der Waals surface area contributed by atoms with Crippen molar-refractivity contribution in [2.24, 2.45) is 0 Å². The molecule has 1 aromatic rings. The van der Waals surface area contributed by atoms with Gasteiger partial charge in [-0.1, -0.05) is 12.1 Å². The second-order valence-electron chi connectivity index (χ2n) is 5.57. The SMILES string of the molecule is CC(=O)N1[C@@H](C(=O)[O-])C(C)(C)S[C@H]1c1cccc([N+](=O)[O-])c1. The van der Waals surface area contributed by atoms with Gasteiger partial charge in [-0.15, -0.1) is 11.8 Å². The molecule has 2 rings (SSSR count). The number of nitro groups is 1. The number of carboxylic acids is 1. The number of nitrogens with zero attached hydrogens (tertiary/aromatic N) is 2. The number of non-ortho nitro benzene ring substituents is 1. The number of benzene rings is 1. The predicted octanol–water partition coefficient (Wildman–Crippen LogP) is 1.09. The maximum Gasteiger partial charge on any atom is 0.269 e. The summed E-state index contributed by atoms with van der Waals surface area (Å²) >= 11 is 1.28. The van der Waals surface area contributed by atoms with Crippen molar-refractivity contribution in [3.05, 3.63) is 39.9 Å². The van der Waals surface area contributed by atoms with Crippen LogP contribution in [0.2, 0.25) is 0 Å². The van der Waals surface area contributed by atoms with E-state index in [0.29, 0.717) is 5.56 Å². The lowest BCUT2D eigenvalue weighted by molar-refractivity contribution is -0.384. The molecule has 1 aliphatic heterocycles. The molecule has 118 valence electrons. The highest BCUT2D eigenvalue weighted by Crippen LogP contribution is 2.52. The van der Waals surface area contributed by atoms with Crippen LogP contribution in [-0.2, 0) is 9.59 Å². The zero-order valence-electron chi connectivity index (χ0n) is 12.3. The first-order valence-electron chi connectivity index (χ1n) is 6.57. The summed E-state index contributed by atoms with van der Waals surface area (Å²) in [5.41, 5.74) is 0.419. The molecule has 0 bridgehead atoms. The molecule has 0 aromatic heterocycles. The van der Waals surface area contributed by atoms with E-state index in [2.05, 4.69) is 0 Å². The lowest BCUT2D eigenvalue weighted by atomic mass is 10.0. The van der Waals surface area contributed by atoms with Gasteiger partial charge in [0.15, 0.2) is 0 Å². The van der Waals surface area contributed by atoms with Crippen LogP contribution in [-0.4, -0.2) is 32.5 Å². The monoisotopic (exact) mass is 323 g/mol. The zero-order valence-corrected chi connectivity index (χ0v) is 13.1. The molecule has 22 heavy (non-hydrogen) atoms. The summed E-state index contributed by atoms with van der Waals surface area (Å²) in [5.74, 6) is -1.75. The first kappa shape index (κ1) is 16.3. The minimum Gasteiger partial charge on any atom is -0.548 e. The Morgan fingerprint density at radius 2 is 2.00 bits per heavy atom. The van der Waals surface area contributed by atoms with Crippen LogP contribution in [0.15, 0.2) is 24.3 Å². The highest BCUT2D eigenvalue weighted by molar-refractivity contribution is 8.01. The first-order valence-corrected chi connectivity index (χ1v) is 7.45. The van der Waals surface area contributed by atoms with Gasteiger partial charge in [0, 0.05) is 23.8 Å². The number of carboxylic acid groups (broad SMARTS) is 1. The van der Waals surface area contributed by atoms with Gasteiger partial charge in [0.05, 0.1) is 16.9 Å². The number of nitro benzene ring substituents is 1. The third-order valence-corrected chi connectivity index (χ3v) is 5.11. The van der Waals surface area contributed by atoms with Crippen molar-refractivity contribution in [3.63, 3.8) is 0 Å². The Morgan fingerprint density at radius 3 is 2.50 bits per heavy atom. The van der Waals surface area contributed by atoms with Crippen molar-refractivity contribution < 1.29 is 19.6 Å². The van der Waals surface area contributed by atoms with Gasteiger partial charge in [0.1, 0.15) is 5.37 Å². The van der Waals surface area contributed by atoms with E-state index < -0.39 is 33.0 Å². The smallest absolute Gasteiger partial charge is 0.269 e. The van der Waals surface area contributed by atoms with Gasteiger partial charge in [-0.25, -0.2) is 0 Å². The summed E-state index contributed by atoms with van der Waals surface area (Å²) in [6, 6.07) is 4.78. The number of hydrogen-bond acceptors (Lipinski definition) is 6. The van der Waals surface area contributed by atoms with E-state index in [9.17, 15) is 24.8 Å². The molecule has 0 unspecified atom stereocenters. The van der Waals surface area contributed by atoms with Crippen molar-refractivity contribution in [2.75, 3.05) is 0 Å². The minimum absolute atomic E-state index is 0.101. The molecule has 1 amide bonds. The van der Waals surface area contributed by atoms with Crippen molar-refractivity contribution >= 4 is 29.3 Å². The van der Waals surface area contributed by atoms with Crippen molar-refractivity contribution in [3.8, 4) is 0 Å². The van der Waals surface area contributed by atoms with E-state index in [1.54, 1.807) is 19.9 Å². The number of carbonyl (C=O) groups is 2.